The first-order valence-corrected chi connectivity index (χ1v) is 13.1. The summed E-state index contributed by atoms with van der Waals surface area (Å²) in [6.07, 6.45) is 1.10. The predicted octanol–water partition coefficient (Wildman–Crippen LogP) is 4.77. The maximum absolute atomic E-state index is 10.5. The lowest BCUT2D eigenvalue weighted by Crippen LogP contribution is -2.49. The maximum atomic E-state index is 10.5. The average Bonchev–Trinajstić information content (AvgIpc) is 2.60. The Morgan fingerprint density at radius 1 is 1.19 bits per heavy atom. The van der Waals surface area contributed by atoms with Crippen molar-refractivity contribution in [2.45, 2.75) is 83.6 Å². The Bertz CT molecular complexity index is 555. The van der Waals surface area contributed by atoms with Gasteiger partial charge in [0.1, 0.15) is 0 Å². The molecule has 4 nitrogen and oxygen atoms in total. The molecule has 0 bridgehead atoms. The molecule has 1 aliphatic rings. The van der Waals surface area contributed by atoms with E-state index in [0.717, 1.165) is 6.42 Å². The minimum atomic E-state index is -1.82. The molecular formula is C22H38O4Si. The molecule has 1 saturated heterocycles. The smallest absolute Gasteiger partial charge is 0.192 e. The Labute approximate surface area is 166 Å². The highest BCUT2D eigenvalue weighted by Gasteiger charge is 2.40. The Hall–Kier alpha value is -0.723. The Kier molecular flexibility index (Phi) is 8.07. The van der Waals surface area contributed by atoms with E-state index < -0.39 is 8.32 Å². The van der Waals surface area contributed by atoms with E-state index in [2.05, 4.69) is 52.9 Å². The zero-order chi connectivity index (χ0) is 20.1. The van der Waals surface area contributed by atoms with Crippen LogP contribution in [0.4, 0.5) is 0 Å². The lowest BCUT2D eigenvalue weighted by atomic mass is 9.90. The molecule has 0 saturated carbocycles. The molecule has 5 heteroatoms. The first kappa shape index (κ1) is 22.6. The van der Waals surface area contributed by atoms with Crippen LogP contribution in [0.2, 0.25) is 18.1 Å². The topological polar surface area (TPSA) is 47.9 Å². The summed E-state index contributed by atoms with van der Waals surface area (Å²) in [6, 6.07) is 10.2. The van der Waals surface area contributed by atoms with Gasteiger partial charge < -0.3 is 19.0 Å². The summed E-state index contributed by atoms with van der Waals surface area (Å²) >= 11 is 0. The molecule has 1 fully saturated rings. The third-order valence-corrected chi connectivity index (χ3v) is 10.7. The molecule has 1 heterocycles. The monoisotopic (exact) mass is 394 g/mol. The van der Waals surface area contributed by atoms with Crippen molar-refractivity contribution in [3.05, 3.63) is 35.9 Å². The fourth-order valence-electron chi connectivity index (χ4n) is 3.02. The van der Waals surface area contributed by atoms with Crippen LogP contribution in [0, 0.1) is 5.92 Å². The van der Waals surface area contributed by atoms with Crippen molar-refractivity contribution in [3.8, 4) is 0 Å². The molecule has 1 N–H and O–H groups in total. The summed E-state index contributed by atoms with van der Waals surface area (Å²) in [5, 5.41) is 10.7. The summed E-state index contributed by atoms with van der Waals surface area (Å²) in [5.41, 5.74) is 1.18. The van der Waals surface area contributed by atoms with Crippen molar-refractivity contribution in [3.63, 3.8) is 0 Å². The molecule has 0 aromatic heterocycles. The van der Waals surface area contributed by atoms with E-state index in [0.29, 0.717) is 26.2 Å². The fraction of sp³-hybridized carbons (Fsp3) is 0.727. The molecule has 0 amide bonds. The highest BCUT2D eigenvalue weighted by molar-refractivity contribution is 6.74. The zero-order valence-corrected chi connectivity index (χ0v) is 18.9. The zero-order valence-electron chi connectivity index (χ0n) is 17.9. The van der Waals surface area contributed by atoms with Crippen molar-refractivity contribution in [1.82, 2.24) is 0 Å². The van der Waals surface area contributed by atoms with E-state index in [1.165, 1.54) is 5.56 Å². The molecule has 2 rings (SSSR count). The molecule has 1 aliphatic heterocycles. The molecular weight excluding hydrogens is 356 g/mol. The van der Waals surface area contributed by atoms with Crippen LogP contribution in [0.25, 0.3) is 0 Å². The normalized spacial score (nSPS) is 26.9. The second-order valence-corrected chi connectivity index (χ2v) is 14.2. The van der Waals surface area contributed by atoms with Crippen molar-refractivity contribution in [1.29, 1.82) is 0 Å². The molecule has 154 valence electrons. The van der Waals surface area contributed by atoms with Crippen LogP contribution < -0.4 is 0 Å². The highest BCUT2D eigenvalue weighted by Crippen LogP contribution is 2.37. The van der Waals surface area contributed by atoms with Crippen LogP contribution in [-0.4, -0.2) is 44.9 Å². The van der Waals surface area contributed by atoms with Gasteiger partial charge in [0.15, 0.2) is 8.32 Å². The van der Waals surface area contributed by atoms with E-state index >= 15 is 0 Å². The van der Waals surface area contributed by atoms with Gasteiger partial charge in [-0.3, -0.25) is 0 Å². The quantitative estimate of drug-likeness (QED) is 0.510. The van der Waals surface area contributed by atoms with Crippen molar-refractivity contribution < 1.29 is 19.0 Å². The molecule has 4 atom stereocenters. The number of aliphatic hydroxyl groups is 1. The second-order valence-electron chi connectivity index (χ2n) is 9.36. The van der Waals surface area contributed by atoms with Crippen LogP contribution in [0.15, 0.2) is 30.3 Å². The first-order valence-electron chi connectivity index (χ1n) is 10.2. The van der Waals surface area contributed by atoms with Gasteiger partial charge in [0.2, 0.25) is 0 Å². The molecule has 27 heavy (non-hydrogen) atoms. The van der Waals surface area contributed by atoms with E-state index in [9.17, 15) is 5.11 Å². The van der Waals surface area contributed by atoms with Crippen LogP contribution in [-0.2, 0) is 20.5 Å². The predicted molar refractivity (Wildman–Crippen MR) is 112 cm³/mol. The summed E-state index contributed by atoms with van der Waals surface area (Å²) < 4.78 is 18.4. The lowest BCUT2D eigenvalue weighted by molar-refractivity contribution is -0.148. The second kappa shape index (κ2) is 9.66. The van der Waals surface area contributed by atoms with Gasteiger partial charge in [-0.1, -0.05) is 58.0 Å². The van der Waals surface area contributed by atoms with Gasteiger partial charge in [0, 0.05) is 12.5 Å². The molecule has 0 unspecified atom stereocenters. The van der Waals surface area contributed by atoms with Crippen LogP contribution in [0.1, 0.15) is 46.1 Å². The van der Waals surface area contributed by atoms with Gasteiger partial charge in [0.05, 0.1) is 31.5 Å². The molecule has 0 spiro atoms. The van der Waals surface area contributed by atoms with Gasteiger partial charge in [-0.25, -0.2) is 0 Å². The summed E-state index contributed by atoms with van der Waals surface area (Å²) in [6.45, 7) is 15.1. The molecule has 0 aliphatic carbocycles. The summed E-state index contributed by atoms with van der Waals surface area (Å²) in [4.78, 5) is 0. The fourth-order valence-corrected chi connectivity index (χ4v) is 4.04. The summed E-state index contributed by atoms with van der Waals surface area (Å²) in [5.74, 6) is 0.0938. The van der Waals surface area contributed by atoms with E-state index in [1.54, 1.807) is 0 Å². The minimum absolute atomic E-state index is 0.0278. The Morgan fingerprint density at radius 2 is 1.85 bits per heavy atom. The van der Waals surface area contributed by atoms with Crippen molar-refractivity contribution >= 4 is 8.32 Å². The largest absolute Gasteiger partial charge is 0.414 e. The highest BCUT2D eigenvalue weighted by atomic mass is 28.4. The van der Waals surface area contributed by atoms with Gasteiger partial charge in [0.25, 0.3) is 0 Å². The van der Waals surface area contributed by atoms with Crippen LogP contribution in [0.5, 0.6) is 0 Å². The van der Waals surface area contributed by atoms with Crippen molar-refractivity contribution in [2.75, 3.05) is 13.2 Å². The molecule has 0 radical (unpaired) electrons. The average molecular weight is 395 g/mol. The summed E-state index contributed by atoms with van der Waals surface area (Å²) in [7, 11) is -1.82. The number of hydrogen-bond acceptors (Lipinski definition) is 4. The molecule has 1 aromatic rings. The van der Waals surface area contributed by atoms with Gasteiger partial charge in [-0.15, -0.1) is 0 Å². The van der Waals surface area contributed by atoms with Crippen molar-refractivity contribution in [2.24, 2.45) is 5.92 Å². The standard InChI is InChI=1S/C22H38O4Si/c1-17-20(23)14-19(12-13-24-15-18-10-8-7-9-11-18)26-21(17)16-25-27(5,6)22(2,3)4/h7-11,17,19-21,23H,12-16H2,1-6H3/t17-,19+,20+,21-/m1/s1. The van der Waals surface area contributed by atoms with E-state index in [4.69, 9.17) is 13.9 Å². The first-order chi connectivity index (χ1) is 12.6. The number of aliphatic hydroxyl groups excluding tert-OH is 1. The minimum Gasteiger partial charge on any atom is -0.414 e. The SMILES string of the molecule is C[C@@H]1[C@@H](O)C[C@H](CCOCc2ccccc2)O[C@@H]1CO[Si](C)(C)C(C)(C)C. The number of hydrogen-bond donors (Lipinski definition) is 1. The van der Waals surface area contributed by atoms with Gasteiger partial charge in [-0.05, 0) is 36.5 Å². The lowest BCUT2D eigenvalue weighted by Gasteiger charge is -2.42. The number of ether oxygens (including phenoxy) is 2. The van der Waals surface area contributed by atoms with Gasteiger partial charge >= 0.3 is 0 Å². The van der Waals surface area contributed by atoms with Crippen LogP contribution in [0.3, 0.4) is 0 Å². The third-order valence-electron chi connectivity index (χ3n) is 6.18. The van der Waals surface area contributed by atoms with E-state index in [1.807, 2.05) is 18.2 Å². The van der Waals surface area contributed by atoms with Crippen LogP contribution >= 0.6 is 0 Å². The molecule has 1 aromatic carbocycles. The third kappa shape index (κ3) is 6.68. The van der Waals surface area contributed by atoms with Gasteiger partial charge in [-0.2, -0.15) is 0 Å². The maximum Gasteiger partial charge on any atom is 0.192 e. The number of rotatable bonds is 8. The van der Waals surface area contributed by atoms with E-state index in [-0.39, 0.29) is 29.3 Å². The number of benzene rings is 1. The Balaban J connectivity index is 1.79. The Morgan fingerprint density at radius 3 is 2.48 bits per heavy atom.